The van der Waals surface area contributed by atoms with E-state index in [-0.39, 0.29) is 23.4 Å². The minimum absolute atomic E-state index is 0.0263. The predicted molar refractivity (Wildman–Crippen MR) is 126 cm³/mol. The van der Waals surface area contributed by atoms with Crippen molar-refractivity contribution in [3.63, 3.8) is 0 Å². The van der Waals surface area contributed by atoms with E-state index in [0.717, 1.165) is 42.9 Å². The zero-order valence-corrected chi connectivity index (χ0v) is 19.3. The van der Waals surface area contributed by atoms with E-state index in [9.17, 15) is 19.8 Å². The second-order valence-corrected chi connectivity index (χ2v) is 9.05. The molecule has 7 heteroatoms. The third kappa shape index (κ3) is 4.35. The van der Waals surface area contributed by atoms with Crippen molar-refractivity contribution in [2.45, 2.75) is 58.1 Å². The van der Waals surface area contributed by atoms with E-state index in [1.807, 2.05) is 19.9 Å². The largest absolute Gasteiger partial charge is 0.465 e. The lowest BCUT2D eigenvalue weighted by atomic mass is 9.87. The number of benzene rings is 2. The quantitative estimate of drug-likeness (QED) is 0.524. The highest BCUT2D eigenvalue weighted by atomic mass is 16.5. The number of anilines is 1. The number of aliphatic hydroxyl groups is 2. The fraction of sp³-hybridized carbons (Fsp3) is 0.462. The Morgan fingerprint density at radius 2 is 1.79 bits per heavy atom. The molecule has 0 radical (unpaired) electrons. The number of rotatable bonds is 6. The fourth-order valence-electron chi connectivity index (χ4n) is 4.81. The van der Waals surface area contributed by atoms with E-state index in [2.05, 4.69) is 0 Å². The number of methoxy groups -OCH3 is 1. The molecule has 1 saturated carbocycles. The molecular formula is C26H31NO6. The van der Waals surface area contributed by atoms with Crippen LogP contribution in [0.3, 0.4) is 0 Å². The molecule has 176 valence electrons. The van der Waals surface area contributed by atoms with E-state index in [0.29, 0.717) is 22.4 Å². The summed E-state index contributed by atoms with van der Waals surface area (Å²) < 4.78 is 11.0. The average molecular weight is 454 g/mol. The highest BCUT2D eigenvalue weighted by molar-refractivity contribution is 6.12. The third-order valence-corrected chi connectivity index (χ3v) is 6.54. The standard InChI is InChI=1S/C26H31NO6/c1-15(2)27(25(30)16-7-5-4-6-8-16)21-12-19-18-11-17(22(29)14-28)9-10-23(18)33-24(19)13-20(21)26(31)32-3/h9-13,15-16,22,28-29H,4-8,14H2,1-3H3. The summed E-state index contributed by atoms with van der Waals surface area (Å²) >= 11 is 0. The highest BCUT2D eigenvalue weighted by Gasteiger charge is 2.32. The number of hydrogen-bond donors (Lipinski definition) is 2. The third-order valence-electron chi connectivity index (χ3n) is 6.54. The Balaban J connectivity index is 1.91. The van der Waals surface area contributed by atoms with E-state index < -0.39 is 18.7 Å². The fourth-order valence-corrected chi connectivity index (χ4v) is 4.81. The molecule has 1 unspecified atom stereocenters. The van der Waals surface area contributed by atoms with Crippen molar-refractivity contribution >= 4 is 39.5 Å². The topological polar surface area (TPSA) is 100 Å². The van der Waals surface area contributed by atoms with Gasteiger partial charge in [-0.3, -0.25) is 4.79 Å². The molecule has 1 aromatic heterocycles. The van der Waals surface area contributed by atoms with Crippen molar-refractivity contribution < 1.29 is 29.0 Å². The molecule has 0 spiro atoms. The molecule has 1 amide bonds. The Hall–Kier alpha value is -2.90. The smallest absolute Gasteiger partial charge is 0.340 e. The number of aliphatic hydroxyl groups excluding tert-OH is 2. The van der Waals surface area contributed by atoms with Crippen LogP contribution in [0.1, 0.15) is 68.0 Å². The van der Waals surface area contributed by atoms with Gasteiger partial charge in [0.15, 0.2) is 0 Å². The SMILES string of the molecule is COC(=O)c1cc2oc3ccc(C(O)CO)cc3c2cc1N(C(=O)C1CCCCC1)C(C)C. The molecule has 0 aliphatic heterocycles. The van der Waals surface area contributed by atoms with Crippen LogP contribution in [0.15, 0.2) is 34.7 Å². The van der Waals surface area contributed by atoms with Gasteiger partial charge < -0.3 is 24.3 Å². The summed E-state index contributed by atoms with van der Waals surface area (Å²) in [6, 6.07) is 8.47. The Labute approximate surface area is 192 Å². The first-order valence-corrected chi connectivity index (χ1v) is 11.6. The number of ether oxygens (including phenoxy) is 1. The first-order valence-electron chi connectivity index (χ1n) is 11.6. The summed E-state index contributed by atoms with van der Waals surface area (Å²) in [7, 11) is 1.32. The summed E-state index contributed by atoms with van der Waals surface area (Å²) in [5.74, 6) is -0.570. The Morgan fingerprint density at radius 1 is 1.09 bits per heavy atom. The number of hydrogen-bond acceptors (Lipinski definition) is 6. The van der Waals surface area contributed by atoms with Crippen LogP contribution in [0.5, 0.6) is 0 Å². The summed E-state index contributed by atoms with van der Waals surface area (Å²) in [5.41, 5.74) is 2.40. The molecule has 2 N–H and O–H groups in total. The van der Waals surface area contributed by atoms with Crippen LogP contribution in [0.25, 0.3) is 21.9 Å². The molecule has 1 aliphatic carbocycles. The van der Waals surface area contributed by atoms with Crippen LogP contribution in [-0.2, 0) is 9.53 Å². The summed E-state index contributed by atoms with van der Waals surface area (Å²) in [6.45, 7) is 3.49. The number of nitrogens with zero attached hydrogens (tertiary/aromatic N) is 1. The maximum Gasteiger partial charge on any atom is 0.340 e. The first-order chi connectivity index (χ1) is 15.8. The summed E-state index contributed by atoms with van der Waals surface area (Å²) in [4.78, 5) is 28.1. The number of carbonyl (C=O) groups excluding carboxylic acids is 2. The van der Waals surface area contributed by atoms with E-state index in [4.69, 9.17) is 9.15 Å². The minimum atomic E-state index is -1.01. The second-order valence-electron chi connectivity index (χ2n) is 9.05. The van der Waals surface area contributed by atoms with Gasteiger partial charge in [0.2, 0.25) is 5.91 Å². The molecule has 0 bridgehead atoms. The number of fused-ring (bicyclic) bond motifs is 3. The van der Waals surface area contributed by atoms with Gasteiger partial charge in [-0.15, -0.1) is 0 Å². The second kappa shape index (κ2) is 9.53. The average Bonchev–Trinajstić information content (AvgIpc) is 3.19. The highest BCUT2D eigenvalue weighted by Crippen LogP contribution is 2.38. The molecule has 7 nitrogen and oxygen atoms in total. The predicted octanol–water partition coefficient (Wildman–Crippen LogP) is 4.72. The maximum absolute atomic E-state index is 13.6. The van der Waals surface area contributed by atoms with Crippen molar-refractivity contribution in [3.8, 4) is 0 Å². The van der Waals surface area contributed by atoms with Gasteiger partial charge in [0.05, 0.1) is 25.0 Å². The summed E-state index contributed by atoms with van der Waals surface area (Å²) in [5, 5.41) is 20.9. The van der Waals surface area contributed by atoms with E-state index in [1.54, 1.807) is 29.2 Å². The zero-order chi connectivity index (χ0) is 23.7. The zero-order valence-electron chi connectivity index (χ0n) is 19.3. The van der Waals surface area contributed by atoms with Crippen molar-refractivity contribution in [1.29, 1.82) is 0 Å². The van der Waals surface area contributed by atoms with Gasteiger partial charge in [-0.2, -0.15) is 0 Å². The molecule has 1 atom stereocenters. The van der Waals surface area contributed by atoms with Crippen molar-refractivity contribution in [2.75, 3.05) is 18.6 Å². The van der Waals surface area contributed by atoms with Crippen molar-refractivity contribution in [3.05, 3.63) is 41.5 Å². The van der Waals surface area contributed by atoms with Gasteiger partial charge >= 0.3 is 5.97 Å². The van der Waals surface area contributed by atoms with Crippen LogP contribution in [0.2, 0.25) is 0 Å². The van der Waals surface area contributed by atoms with Crippen molar-refractivity contribution in [1.82, 2.24) is 0 Å². The Bertz CT molecular complexity index is 1170. The van der Waals surface area contributed by atoms with Gasteiger partial charge in [0.1, 0.15) is 17.3 Å². The van der Waals surface area contributed by atoms with Gasteiger partial charge in [-0.1, -0.05) is 25.3 Å². The van der Waals surface area contributed by atoms with Crippen LogP contribution in [-0.4, -0.2) is 41.8 Å². The normalized spacial score (nSPS) is 15.8. The van der Waals surface area contributed by atoms with E-state index in [1.165, 1.54) is 7.11 Å². The lowest BCUT2D eigenvalue weighted by Crippen LogP contribution is -2.42. The molecule has 3 aromatic rings. The van der Waals surface area contributed by atoms with Gasteiger partial charge in [0, 0.05) is 22.7 Å². The Kier molecular flexibility index (Phi) is 6.72. The molecule has 4 rings (SSSR count). The Morgan fingerprint density at radius 3 is 2.42 bits per heavy atom. The van der Waals surface area contributed by atoms with Crippen LogP contribution in [0.4, 0.5) is 5.69 Å². The number of carbonyl (C=O) groups is 2. The van der Waals surface area contributed by atoms with Gasteiger partial charge in [-0.25, -0.2) is 4.79 Å². The molecular weight excluding hydrogens is 422 g/mol. The summed E-state index contributed by atoms with van der Waals surface area (Å²) in [6.07, 6.45) is 3.92. The lowest BCUT2D eigenvalue weighted by Gasteiger charge is -2.33. The van der Waals surface area contributed by atoms with Crippen LogP contribution in [0, 0.1) is 5.92 Å². The molecule has 1 aliphatic rings. The maximum atomic E-state index is 13.6. The number of amides is 1. The minimum Gasteiger partial charge on any atom is -0.465 e. The number of esters is 1. The molecule has 0 saturated heterocycles. The van der Waals surface area contributed by atoms with Crippen LogP contribution >= 0.6 is 0 Å². The number of furan rings is 1. The monoisotopic (exact) mass is 453 g/mol. The molecule has 1 heterocycles. The van der Waals surface area contributed by atoms with E-state index >= 15 is 0 Å². The van der Waals surface area contributed by atoms with Crippen molar-refractivity contribution in [2.24, 2.45) is 5.92 Å². The van der Waals surface area contributed by atoms with Crippen LogP contribution < -0.4 is 4.90 Å². The van der Waals surface area contributed by atoms with Gasteiger partial charge in [-0.05, 0) is 56.5 Å². The first kappa shape index (κ1) is 23.3. The molecule has 2 aromatic carbocycles. The molecule has 1 fully saturated rings. The lowest BCUT2D eigenvalue weighted by molar-refractivity contribution is -0.123. The molecule has 33 heavy (non-hydrogen) atoms. The van der Waals surface area contributed by atoms with Gasteiger partial charge in [0.25, 0.3) is 0 Å².